The predicted octanol–water partition coefficient (Wildman–Crippen LogP) is 4.00. The molecule has 1 aliphatic rings. The molecule has 0 bridgehead atoms. The monoisotopic (exact) mass is 340 g/mol. The van der Waals surface area contributed by atoms with E-state index < -0.39 is 0 Å². The van der Waals surface area contributed by atoms with E-state index in [0.29, 0.717) is 5.75 Å². The molecule has 2 aromatic rings. The number of nitrogens with one attached hydrogen (secondary N) is 1. The van der Waals surface area contributed by atoms with Gasteiger partial charge in [0.05, 0.1) is 31.6 Å². The van der Waals surface area contributed by atoms with Crippen molar-refractivity contribution in [2.24, 2.45) is 0 Å². The van der Waals surface area contributed by atoms with Crippen LogP contribution in [0.5, 0.6) is 11.5 Å². The lowest BCUT2D eigenvalue weighted by atomic mass is 9.90. The van der Waals surface area contributed by atoms with Gasteiger partial charge in [-0.05, 0) is 31.5 Å². The fraction of sp³-hybridized carbons (Fsp3) is 0.350. The molecule has 2 atom stereocenters. The van der Waals surface area contributed by atoms with Crippen LogP contribution < -0.4 is 19.7 Å². The number of methoxy groups -OCH3 is 2. The van der Waals surface area contributed by atoms with Gasteiger partial charge < -0.3 is 19.7 Å². The average molecular weight is 340 g/mol. The molecular formula is C20H24N2O3. The minimum atomic E-state index is 0.0222. The van der Waals surface area contributed by atoms with E-state index in [-0.39, 0.29) is 18.0 Å². The van der Waals surface area contributed by atoms with Gasteiger partial charge in [0.2, 0.25) is 5.91 Å². The van der Waals surface area contributed by atoms with Gasteiger partial charge in [0.15, 0.2) is 0 Å². The van der Waals surface area contributed by atoms with E-state index in [0.717, 1.165) is 29.1 Å². The Bertz CT molecular complexity index is 775. The highest BCUT2D eigenvalue weighted by atomic mass is 16.5. The largest absolute Gasteiger partial charge is 0.495 e. The van der Waals surface area contributed by atoms with Crippen LogP contribution >= 0.6 is 0 Å². The Balaban J connectivity index is 2.05. The maximum Gasteiger partial charge on any atom is 0.224 e. The lowest BCUT2D eigenvalue weighted by Gasteiger charge is -2.40. The van der Waals surface area contributed by atoms with Gasteiger partial charge >= 0.3 is 0 Å². The van der Waals surface area contributed by atoms with Gasteiger partial charge in [-0.15, -0.1) is 0 Å². The Labute approximate surface area is 148 Å². The number of hydrogen-bond acceptors (Lipinski definition) is 4. The van der Waals surface area contributed by atoms with Gasteiger partial charge in [-0.25, -0.2) is 0 Å². The third kappa shape index (κ3) is 3.14. The van der Waals surface area contributed by atoms with E-state index in [1.165, 1.54) is 0 Å². The van der Waals surface area contributed by atoms with Crippen LogP contribution in [0.25, 0.3) is 0 Å². The first-order valence-corrected chi connectivity index (χ1v) is 8.43. The van der Waals surface area contributed by atoms with Gasteiger partial charge in [0.1, 0.15) is 11.5 Å². The molecular weight excluding hydrogens is 316 g/mol. The summed E-state index contributed by atoms with van der Waals surface area (Å²) in [5, 5.41) is 3.58. The zero-order chi connectivity index (χ0) is 18.0. The van der Waals surface area contributed by atoms with E-state index >= 15 is 0 Å². The van der Waals surface area contributed by atoms with Crippen molar-refractivity contribution in [3.8, 4) is 11.5 Å². The van der Waals surface area contributed by atoms with E-state index in [1.807, 2.05) is 47.4 Å². The smallest absolute Gasteiger partial charge is 0.224 e. The molecule has 1 N–H and O–H groups in total. The molecule has 0 fully saturated rings. The Kier molecular flexibility index (Phi) is 4.83. The first-order chi connectivity index (χ1) is 12.1. The molecule has 0 aliphatic carbocycles. The highest BCUT2D eigenvalue weighted by Gasteiger charge is 2.34. The van der Waals surface area contributed by atoms with Crippen LogP contribution in [0.2, 0.25) is 0 Å². The average Bonchev–Trinajstić information content (AvgIpc) is 2.61. The molecule has 0 radical (unpaired) electrons. The SMILES string of the molecule is COc1ccccc1NC1CC(C)N(C(C)=O)c2c(OC)cccc21. The number of amides is 1. The quantitative estimate of drug-likeness (QED) is 0.914. The van der Waals surface area contributed by atoms with E-state index in [4.69, 9.17) is 9.47 Å². The summed E-state index contributed by atoms with van der Waals surface area (Å²) < 4.78 is 11.0. The predicted molar refractivity (Wildman–Crippen MR) is 99.6 cm³/mol. The van der Waals surface area contributed by atoms with Crippen LogP contribution in [0.4, 0.5) is 11.4 Å². The number of anilines is 2. The fourth-order valence-electron chi connectivity index (χ4n) is 3.59. The third-order valence-electron chi connectivity index (χ3n) is 4.66. The zero-order valence-electron chi connectivity index (χ0n) is 15.1. The van der Waals surface area contributed by atoms with Crippen LogP contribution in [-0.4, -0.2) is 26.2 Å². The normalized spacial score (nSPS) is 19.1. The molecule has 1 aliphatic heterocycles. The molecule has 0 saturated heterocycles. The molecule has 1 amide bonds. The van der Waals surface area contributed by atoms with Crippen molar-refractivity contribution in [2.75, 3.05) is 24.4 Å². The summed E-state index contributed by atoms with van der Waals surface area (Å²) in [5.41, 5.74) is 2.84. The minimum Gasteiger partial charge on any atom is -0.495 e. The number of carbonyl (C=O) groups excluding carboxylic acids is 1. The molecule has 5 nitrogen and oxygen atoms in total. The minimum absolute atomic E-state index is 0.0222. The van der Waals surface area contributed by atoms with E-state index in [9.17, 15) is 4.79 Å². The van der Waals surface area contributed by atoms with Crippen LogP contribution in [0, 0.1) is 0 Å². The summed E-state index contributed by atoms with van der Waals surface area (Å²) in [5.74, 6) is 1.54. The number of hydrogen-bond donors (Lipinski definition) is 1. The second-order valence-electron chi connectivity index (χ2n) is 6.27. The van der Waals surface area contributed by atoms with Crippen molar-refractivity contribution in [3.05, 3.63) is 48.0 Å². The van der Waals surface area contributed by atoms with Crippen molar-refractivity contribution in [1.29, 1.82) is 0 Å². The fourth-order valence-corrected chi connectivity index (χ4v) is 3.59. The summed E-state index contributed by atoms with van der Waals surface area (Å²) in [6.45, 7) is 3.66. The third-order valence-corrected chi connectivity index (χ3v) is 4.66. The number of ether oxygens (including phenoxy) is 2. The summed E-state index contributed by atoms with van der Waals surface area (Å²) >= 11 is 0. The highest BCUT2D eigenvalue weighted by molar-refractivity contribution is 5.95. The molecule has 132 valence electrons. The summed E-state index contributed by atoms with van der Waals surface area (Å²) in [7, 11) is 3.30. The van der Waals surface area contributed by atoms with E-state index in [1.54, 1.807) is 21.1 Å². The van der Waals surface area contributed by atoms with Gasteiger partial charge in [-0.3, -0.25) is 4.79 Å². The number of fused-ring (bicyclic) bond motifs is 1. The Morgan fingerprint density at radius 2 is 1.76 bits per heavy atom. The molecule has 2 aromatic carbocycles. The first kappa shape index (κ1) is 17.1. The molecule has 0 aromatic heterocycles. The molecule has 25 heavy (non-hydrogen) atoms. The molecule has 0 saturated carbocycles. The molecule has 2 unspecified atom stereocenters. The van der Waals surface area contributed by atoms with Crippen molar-refractivity contribution in [1.82, 2.24) is 0 Å². The van der Waals surface area contributed by atoms with Crippen molar-refractivity contribution >= 4 is 17.3 Å². The van der Waals surface area contributed by atoms with Crippen LogP contribution in [0.3, 0.4) is 0 Å². The Morgan fingerprint density at radius 1 is 1.08 bits per heavy atom. The summed E-state index contributed by atoms with van der Waals surface area (Å²) in [4.78, 5) is 14.1. The van der Waals surface area contributed by atoms with Gasteiger partial charge in [0.25, 0.3) is 0 Å². The number of carbonyl (C=O) groups is 1. The number of benzene rings is 2. The topological polar surface area (TPSA) is 50.8 Å². The lowest BCUT2D eigenvalue weighted by Crippen LogP contribution is -2.43. The van der Waals surface area contributed by atoms with Gasteiger partial charge in [-0.1, -0.05) is 24.3 Å². The Hall–Kier alpha value is -2.69. The van der Waals surface area contributed by atoms with Crippen molar-refractivity contribution in [3.63, 3.8) is 0 Å². The second kappa shape index (κ2) is 7.05. The number of nitrogens with zero attached hydrogens (tertiary/aromatic N) is 1. The number of rotatable bonds is 4. The lowest BCUT2D eigenvalue weighted by molar-refractivity contribution is -0.117. The molecule has 1 heterocycles. The summed E-state index contributed by atoms with van der Waals surface area (Å²) in [6.07, 6.45) is 0.803. The number of para-hydroxylation sites is 3. The Morgan fingerprint density at radius 3 is 2.44 bits per heavy atom. The van der Waals surface area contributed by atoms with E-state index in [2.05, 4.69) is 12.2 Å². The molecule has 3 rings (SSSR count). The van der Waals surface area contributed by atoms with Gasteiger partial charge in [0, 0.05) is 18.5 Å². The maximum absolute atomic E-state index is 12.2. The van der Waals surface area contributed by atoms with Crippen LogP contribution in [-0.2, 0) is 4.79 Å². The zero-order valence-corrected chi connectivity index (χ0v) is 15.1. The first-order valence-electron chi connectivity index (χ1n) is 8.43. The molecule has 0 spiro atoms. The molecule has 5 heteroatoms. The second-order valence-corrected chi connectivity index (χ2v) is 6.27. The van der Waals surface area contributed by atoms with Crippen LogP contribution in [0.1, 0.15) is 31.9 Å². The van der Waals surface area contributed by atoms with Gasteiger partial charge in [-0.2, -0.15) is 0 Å². The van der Waals surface area contributed by atoms with Crippen LogP contribution in [0.15, 0.2) is 42.5 Å². The van der Waals surface area contributed by atoms with Crippen molar-refractivity contribution in [2.45, 2.75) is 32.4 Å². The van der Waals surface area contributed by atoms with Crippen molar-refractivity contribution < 1.29 is 14.3 Å². The summed E-state index contributed by atoms with van der Waals surface area (Å²) in [6, 6.07) is 13.9. The standard InChI is InChI=1S/C20H24N2O3/c1-13-12-17(21-16-9-5-6-10-18(16)24-3)15-8-7-11-19(25-4)20(15)22(13)14(2)23/h5-11,13,17,21H,12H2,1-4H3. The maximum atomic E-state index is 12.2. The highest BCUT2D eigenvalue weighted by Crippen LogP contribution is 2.44.